The van der Waals surface area contributed by atoms with Crippen molar-refractivity contribution in [2.75, 3.05) is 19.7 Å². The molecule has 1 amide bonds. The summed E-state index contributed by atoms with van der Waals surface area (Å²) < 4.78 is 5.60. The third kappa shape index (κ3) is 4.88. The number of rotatable bonds is 6. The number of Topliss-reactive ketones (excluding diaryl/α,β-unsaturated/α-hetero) is 1. The van der Waals surface area contributed by atoms with Gasteiger partial charge in [-0.25, -0.2) is 0 Å². The fraction of sp³-hybridized carbons (Fsp3) is 0.529. The largest absolute Gasteiger partial charge is 0.494 e. The van der Waals surface area contributed by atoms with E-state index in [9.17, 15) is 9.59 Å². The summed E-state index contributed by atoms with van der Waals surface area (Å²) in [7, 11) is 0. The van der Waals surface area contributed by atoms with Crippen LogP contribution < -0.4 is 4.74 Å². The number of likely N-dealkylation sites (tertiary alicyclic amines) is 1. The maximum atomic E-state index is 12.0. The molecule has 0 N–H and O–H groups in total. The number of hydrogen-bond donors (Lipinski definition) is 0. The van der Waals surface area contributed by atoms with Gasteiger partial charge in [-0.05, 0) is 56.9 Å². The number of amides is 1. The van der Waals surface area contributed by atoms with E-state index in [2.05, 4.69) is 0 Å². The van der Waals surface area contributed by atoms with Crippen molar-refractivity contribution in [3.8, 4) is 5.75 Å². The number of ether oxygens (including phenoxy) is 1. The molecule has 21 heavy (non-hydrogen) atoms. The van der Waals surface area contributed by atoms with Crippen molar-refractivity contribution in [1.82, 2.24) is 4.90 Å². The monoisotopic (exact) mass is 289 g/mol. The fourth-order valence-electron chi connectivity index (χ4n) is 2.50. The van der Waals surface area contributed by atoms with Gasteiger partial charge >= 0.3 is 0 Å². The highest BCUT2D eigenvalue weighted by Crippen LogP contribution is 2.14. The second kappa shape index (κ2) is 7.81. The molecule has 0 bridgehead atoms. The Morgan fingerprint density at radius 1 is 1.10 bits per heavy atom. The first-order valence-electron chi connectivity index (χ1n) is 7.68. The number of hydrogen-bond acceptors (Lipinski definition) is 3. The van der Waals surface area contributed by atoms with Crippen LogP contribution in [0.3, 0.4) is 0 Å². The van der Waals surface area contributed by atoms with E-state index < -0.39 is 0 Å². The van der Waals surface area contributed by atoms with E-state index in [0.29, 0.717) is 18.6 Å². The van der Waals surface area contributed by atoms with E-state index in [1.54, 1.807) is 31.2 Å². The highest BCUT2D eigenvalue weighted by atomic mass is 16.5. The van der Waals surface area contributed by atoms with E-state index in [4.69, 9.17) is 4.74 Å². The molecular formula is C17H23NO3. The summed E-state index contributed by atoms with van der Waals surface area (Å²) in [5.74, 6) is 1.03. The van der Waals surface area contributed by atoms with Gasteiger partial charge in [-0.15, -0.1) is 0 Å². The Kier molecular flexibility index (Phi) is 5.78. The van der Waals surface area contributed by atoms with Crippen molar-refractivity contribution >= 4 is 11.7 Å². The van der Waals surface area contributed by atoms with Gasteiger partial charge in [0.05, 0.1) is 6.61 Å². The predicted molar refractivity (Wildman–Crippen MR) is 81.6 cm³/mol. The number of carbonyl (C=O) groups excluding carboxylic acids is 2. The quantitative estimate of drug-likeness (QED) is 0.597. The highest BCUT2D eigenvalue weighted by molar-refractivity contribution is 5.94. The Hall–Kier alpha value is -1.84. The van der Waals surface area contributed by atoms with Crippen molar-refractivity contribution in [1.29, 1.82) is 0 Å². The molecule has 2 rings (SSSR count). The van der Waals surface area contributed by atoms with Crippen molar-refractivity contribution in [2.24, 2.45) is 0 Å². The van der Waals surface area contributed by atoms with Gasteiger partial charge in [-0.1, -0.05) is 0 Å². The molecule has 1 aromatic carbocycles. The Balaban J connectivity index is 1.67. The predicted octanol–water partition coefficient (Wildman–Crippen LogP) is 3.06. The second-order valence-corrected chi connectivity index (χ2v) is 5.47. The van der Waals surface area contributed by atoms with Crippen LogP contribution in [-0.4, -0.2) is 36.3 Å². The van der Waals surface area contributed by atoms with Gasteiger partial charge in [0.25, 0.3) is 0 Å². The average molecular weight is 289 g/mol. The lowest BCUT2D eigenvalue weighted by molar-refractivity contribution is -0.132. The Labute approximate surface area is 126 Å². The summed E-state index contributed by atoms with van der Waals surface area (Å²) in [6.07, 6.45) is 4.77. The van der Waals surface area contributed by atoms with Crippen LogP contribution >= 0.6 is 0 Å². The van der Waals surface area contributed by atoms with Crippen molar-refractivity contribution in [3.63, 3.8) is 0 Å². The zero-order valence-corrected chi connectivity index (χ0v) is 12.6. The smallest absolute Gasteiger partial charge is 0.222 e. The first kappa shape index (κ1) is 15.5. The summed E-state index contributed by atoms with van der Waals surface area (Å²) >= 11 is 0. The summed E-state index contributed by atoms with van der Waals surface area (Å²) in [4.78, 5) is 25.1. The number of piperidine rings is 1. The molecule has 1 aromatic rings. The van der Waals surface area contributed by atoms with Crippen LogP contribution in [-0.2, 0) is 4.79 Å². The summed E-state index contributed by atoms with van der Waals surface area (Å²) in [6.45, 7) is 3.89. The lowest BCUT2D eigenvalue weighted by Crippen LogP contribution is -2.35. The van der Waals surface area contributed by atoms with Gasteiger partial charge in [-0.2, -0.15) is 0 Å². The molecule has 1 saturated heterocycles. The summed E-state index contributed by atoms with van der Waals surface area (Å²) in [6, 6.07) is 7.11. The Morgan fingerprint density at radius 3 is 2.38 bits per heavy atom. The van der Waals surface area contributed by atoms with Crippen molar-refractivity contribution in [2.45, 2.75) is 39.0 Å². The SMILES string of the molecule is CC(=O)c1ccc(OCCCC(=O)N2CCCCC2)cc1. The molecule has 4 heteroatoms. The van der Waals surface area contributed by atoms with Crippen molar-refractivity contribution in [3.05, 3.63) is 29.8 Å². The van der Waals surface area contributed by atoms with Gasteiger partial charge in [0.15, 0.2) is 5.78 Å². The summed E-state index contributed by atoms with van der Waals surface area (Å²) in [5.41, 5.74) is 0.683. The first-order valence-corrected chi connectivity index (χ1v) is 7.68. The molecule has 4 nitrogen and oxygen atoms in total. The maximum absolute atomic E-state index is 12.0. The lowest BCUT2D eigenvalue weighted by Gasteiger charge is -2.26. The fourth-order valence-corrected chi connectivity index (χ4v) is 2.50. The van der Waals surface area contributed by atoms with Crippen LogP contribution in [0.4, 0.5) is 0 Å². The number of carbonyl (C=O) groups is 2. The molecule has 1 aliphatic heterocycles. The van der Waals surface area contributed by atoms with Crippen LogP contribution in [0.25, 0.3) is 0 Å². The second-order valence-electron chi connectivity index (χ2n) is 5.47. The minimum Gasteiger partial charge on any atom is -0.494 e. The number of benzene rings is 1. The van der Waals surface area contributed by atoms with Gasteiger partial charge in [0.1, 0.15) is 5.75 Å². The average Bonchev–Trinajstić information content (AvgIpc) is 2.52. The molecule has 0 spiro atoms. The highest BCUT2D eigenvalue weighted by Gasteiger charge is 2.15. The minimum absolute atomic E-state index is 0.0497. The van der Waals surface area contributed by atoms with E-state index in [1.165, 1.54) is 6.42 Å². The number of nitrogens with zero attached hydrogens (tertiary/aromatic N) is 1. The molecule has 1 aliphatic rings. The molecule has 0 saturated carbocycles. The molecule has 0 aliphatic carbocycles. The topological polar surface area (TPSA) is 46.6 Å². The van der Waals surface area contributed by atoms with E-state index in [0.717, 1.165) is 38.1 Å². The molecule has 0 aromatic heterocycles. The maximum Gasteiger partial charge on any atom is 0.222 e. The van der Waals surface area contributed by atoms with Gasteiger partial charge < -0.3 is 9.64 Å². The van der Waals surface area contributed by atoms with Crippen LogP contribution in [0.2, 0.25) is 0 Å². The normalized spacial score (nSPS) is 14.8. The first-order chi connectivity index (χ1) is 10.2. The Bertz CT molecular complexity index is 475. The van der Waals surface area contributed by atoms with Gasteiger partial charge in [-0.3, -0.25) is 9.59 Å². The molecule has 0 radical (unpaired) electrons. The van der Waals surface area contributed by atoms with Crippen LogP contribution in [0, 0.1) is 0 Å². The van der Waals surface area contributed by atoms with Crippen LogP contribution in [0.15, 0.2) is 24.3 Å². The molecular weight excluding hydrogens is 266 g/mol. The third-order valence-corrected chi connectivity index (χ3v) is 3.77. The van der Waals surface area contributed by atoms with E-state index in [-0.39, 0.29) is 11.7 Å². The van der Waals surface area contributed by atoms with Gasteiger partial charge in [0.2, 0.25) is 5.91 Å². The summed E-state index contributed by atoms with van der Waals surface area (Å²) in [5, 5.41) is 0. The van der Waals surface area contributed by atoms with E-state index >= 15 is 0 Å². The zero-order valence-electron chi connectivity index (χ0n) is 12.6. The molecule has 0 unspecified atom stereocenters. The molecule has 1 fully saturated rings. The third-order valence-electron chi connectivity index (χ3n) is 3.77. The molecule has 0 atom stereocenters. The van der Waals surface area contributed by atoms with Gasteiger partial charge in [0, 0.05) is 25.1 Å². The minimum atomic E-state index is 0.0497. The zero-order chi connectivity index (χ0) is 15.1. The lowest BCUT2D eigenvalue weighted by atomic mass is 10.1. The standard InChI is InChI=1S/C17H23NO3/c1-14(19)15-7-9-16(10-8-15)21-13-5-6-17(20)18-11-3-2-4-12-18/h7-10H,2-6,11-13H2,1H3. The van der Waals surface area contributed by atoms with Crippen LogP contribution in [0.1, 0.15) is 49.4 Å². The van der Waals surface area contributed by atoms with E-state index in [1.807, 2.05) is 4.90 Å². The Morgan fingerprint density at radius 2 is 1.76 bits per heavy atom. The number of ketones is 1. The van der Waals surface area contributed by atoms with Crippen LogP contribution in [0.5, 0.6) is 5.75 Å². The molecule has 114 valence electrons. The van der Waals surface area contributed by atoms with Crippen molar-refractivity contribution < 1.29 is 14.3 Å². The molecule has 1 heterocycles.